The molecule has 1 heterocycles. The first-order valence-corrected chi connectivity index (χ1v) is 4.64. The lowest BCUT2D eigenvalue weighted by Gasteiger charge is -2.17. The maximum Gasteiger partial charge on any atom is 0.108 e. The number of hydrogen-bond acceptors (Lipinski definition) is 4. The van der Waals surface area contributed by atoms with Gasteiger partial charge in [-0.3, -0.25) is 0 Å². The quantitative estimate of drug-likeness (QED) is 0.719. The molecule has 0 saturated carbocycles. The van der Waals surface area contributed by atoms with Crippen molar-refractivity contribution in [2.45, 2.75) is 32.9 Å². The Morgan fingerprint density at radius 2 is 2.21 bits per heavy atom. The number of rotatable bonds is 4. The molecule has 14 heavy (non-hydrogen) atoms. The van der Waals surface area contributed by atoms with Crippen molar-refractivity contribution < 1.29 is 9.84 Å². The molecular weight excluding hydrogens is 182 g/mol. The Labute approximate surface area is 83.7 Å². The summed E-state index contributed by atoms with van der Waals surface area (Å²) in [6, 6.07) is 0. The summed E-state index contributed by atoms with van der Waals surface area (Å²) < 4.78 is 6.93. The molecule has 0 bridgehead atoms. The van der Waals surface area contributed by atoms with Gasteiger partial charge in [0.15, 0.2) is 0 Å². The molecule has 1 N–H and O–H groups in total. The zero-order valence-electron chi connectivity index (χ0n) is 8.90. The van der Waals surface area contributed by atoms with E-state index >= 15 is 0 Å². The summed E-state index contributed by atoms with van der Waals surface area (Å²) in [6.07, 6.45) is 1.86. The van der Waals surface area contributed by atoms with E-state index in [-0.39, 0.29) is 12.1 Å². The van der Waals surface area contributed by atoms with Crippen LogP contribution >= 0.6 is 0 Å². The molecule has 1 aromatic rings. The third kappa shape index (κ3) is 3.08. The van der Waals surface area contributed by atoms with Crippen LogP contribution in [-0.4, -0.2) is 33.3 Å². The minimum atomic E-state index is -0.0533. The van der Waals surface area contributed by atoms with Gasteiger partial charge in [-0.25, -0.2) is 4.68 Å². The molecule has 80 valence electrons. The molecule has 0 fully saturated rings. The van der Waals surface area contributed by atoms with Gasteiger partial charge in [-0.05, 0) is 20.8 Å². The van der Waals surface area contributed by atoms with Crippen molar-refractivity contribution in [1.29, 1.82) is 0 Å². The maximum atomic E-state index is 8.51. The van der Waals surface area contributed by atoms with Crippen molar-refractivity contribution in [1.82, 2.24) is 15.0 Å². The zero-order valence-corrected chi connectivity index (χ0v) is 8.90. The van der Waals surface area contributed by atoms with Crippen LogP contribution in [0.3, 0.4) is 0 Å². The Kier molecular flexibility index (Phi) is 3.60. The van der Waals surface area contributed by atoms with E-state index in [1.54, 1.807) is 4.68 Å². The van der Waals surface area contributed by atoms with E-state index in [1.807, 2.05) is 6.20 Å². The monoisotopic (exact) mass is 199 g/mol. The lowest BCUT2D eigenvalue weighted by Crippen LogP contribution is -2.22. The molecule has 0 unspecified atom stereocenters. The summed E-state index contributed by atoms with van der Waals surface area (Å²) in [5.74, 6) is 0. The molecule has 0 saturated heterocycles. The van der Waals surface area contributed by atoms with Crippen LogP contribution in [0, 0.1) is 0 Å². The molecule has 0 aliphatic rings. The van der Waals surface area contributed by atoms with Crippen LogP contribution in [0.2, 0.25) is 0 Å². The minimum absolute atomic E-state index is 0.0351. The number of nitrogens with zero attached hydrogens (tertiary/aromatic N) is 3. The van der Waals surface area contributed by atoms with Gasteiger partial charge in [0, 0.05) is 0 Å². The smallest absolute Gasteiger partial charge is 0.108 e. The lowest BCUT2D eigenvalue weighted by atomic mass is 10.1. The van der Waals surface area contributed by atoms with Crippen LogP contribution in [0.25, 0.3) is 0 Å². The van der Waals surface area contributed by atoms with E-state index in [2.05, 4.69) is 31.1 Å². The van der Waals surface area contributed by atoms with Crippen molar-refractivity contribution in [3.05, 3.63) is 11.9 Å². The first-order chi connectivity index (χ1) is 6.54. The van der Waals surface area contributed by atoms with Gasteiger partial charge in [0.25, 0.3) is 0 Å². The standard InChI is InChI=1S/C9H17N3O2/c1-9(2,3)12-6-8(10-11-12)7-14-5-4-13/h6,13H,4-5,7H2,1-3H3. The van der Waals surface area contributed by atoms with E-state index < -0.39 is 0 Å². The molecule has 0 spiro atoms. The highest BCUT2D eigenvalue weighted by Crippen LogP contribution is 2.11. The number of aliphatic hydroxyl groups excluding tert-OH is 1. The van der Waals surface area contributed by atoms with Crippen molar-refractivity contribution in [3.63, 3.8) is 0 Å². The maximum absolute atomic E-state index is 8.51. The Morgan fingerprint density at radius 3 is 2.71 bits per heavy atom. The molecule has 0 radical (unpaired) electrons. The summed E-state index contributed by atoms with van der Waals surface area (Å²) in [4.78, 5) is 0. The predicted octanol–water partition coefficient (Wildman–Crippen LogP) is 0.542. The molecule has 0 aliphatic carbocycles. The van der Waals surface area contributed by atoms with Crippen LogP contribution in [0.15, 0.2) is 6.20 Å². The second kappa shape index (κ2) is 4.52. The third-order valence-electron chi connectivity index (χ3n) is 1.71. The Bertz CT molecular complexity index is 278. The summed E-state index contributed by atoms with van der Waals surface area (Å²) in [5, 5.41) is 16.5. The van der Waals surface area contributed by atoms with Gasteiger partial charge in [0.2, 0.25) is 0 Å². The van der Waals surface area contributed by atoms with Gasteiger partial charge in [0.05, 0.1) is 31.6 Å². The fraction of sp³-hybridized carbons (Fsp3) is 0.778. The third-order valence-corrected chi connectivity index (χ3v) is 1.71. The van der Waals surface area contributed by atoms with Crippen LogP contribution in [0.5, 0.6) is 0 Å². The van der Waals surface area contributed by atoms with Crippen LogP contribution < -0.4 is 0 Å². The molecule has 0 aliphatic heterocycles. The highest BCUT2D eigenvalue weighted by atomic mass is 16.5. The normalized spacial score (nSPS) is 12.0. The van der Waals surface area contributed by atoms with E-state index in [4.69, 9.17) is 9.84 Å². The highest BCUT2D eigenvalue weighted by Gasteiger charge is 2.14. The number of hydrogen-bond donors (Lipinski definition) is 1. The Balaban J connectivity index is 2.51. The summed E-state index contributed by atoms with van der Waals surface area (Å²) in [7, 11) is 0. The van der Waals surface area contributed by atoms with Gasteiger partial charge in [-0.1, -0.05) is 5.21 Å². The topological polar surface area (TPSA) is 60.2 Å². The van der Waals surface area contributed by atoms with E-state index in [9.17, 15) is 0 Å². The molecular formula is C9H17N3O2. The van der Waals surface area contributed by atoms with Gasteiger partial charge in [-0.2, -0.15) is 0 Å². The van der Waals surface area contributed by atoms with Gasteiger partial charge < -0.3 is 9.84 Å². The molecule has 1 rings (SSSR count). The van der Waals surface area contributed by atoms with Crippen LogP contribution in [0.4, 0.5) is 0 Å². The average molecular weight is 199 g/mol. The molecule has 0 amide bonds. The van der Waals surface area contributed by atoms with Crippen molar-refractivity contribution in [2.24, 2.45) is 0 Å². The summed E-state index contributed by atoms with van der Waals surface area (Å²) in [6.45, 7) is 6.94. The van der Waals surface area contributed by atoms with Crippen molar-refractivity contribution in [2.75, 3.05) is 13.2 Å². The molecule has 0 aromatic carbocycles. The molecule has 1 aromatic heterocycles. The summed E-state index contributed by atoms with van der Waals surface area (Å²) >= 11 is 0. The fourth-order valence-corrected chi connectivity index (χ4v) is 0.934. The first kappa shape index (κ1) is 11.1. The predicted molar refractivity (Wildman–Crippen MR) is 51.8 cm³/mol. The van der Waals surface area contributed by atoms with Crippen molar-refractivity contribution in [3.8, 4) is 0 Å². The number of ether oxygens (including phenoxy) is 1. The van der Waals surface area contributed by atoms with E-state index in [0.29, 0.717) is 13.2 Å². The van der Waals surface area contributed by atoms with Gasteiger partial charge >= 0.3 is 0 Å². The van der Waals surface area contributed by atoms with Gasteiger partial charge in [-0.15, -0.1) is 5.10 Å². The zero-order chi connectivity index (χ0) is 10.6. The highest BCUT2D eigenvalue weighted by molar-refractivity contribution is 4.92. The SMILES string of the molecule is CC(C)(C)n1cc(COCCO)nn1. The van der Waals surface area contributed by atoms with Crippen LogP contribution in [0.1, 0.15) is 26.5 Å². The average Bonchev–Trinajstić information content (AvgIpc) is 2.52. The molecule has 5 heteroatoms. The Morgan fingerprint density at radius 1 is 1.50 bits per heavy atom. The first-order valence-electron chi connectivity index (χ1n) is 4.64. The fourth-order valence-electron chi connectivity index (χ4n) is 0.934. The van der Waals surface area contributed by atoms with E-state index in [1.165, 1.54) is 0 Å². The number of aromatic nitrogens is 3. The molecule has 0 atom stereocenters. The summed E-state index contributed by atoms with van der Waals surface area (Å²) in [5.41, 5.74) is 0.732. The largest absolute Gasteiger partial charge is 0.394 e. The number of aliphatic hydroxyl groups is 1. The second-order valence-corrected chi connectivity index (χ2v) is 4.10. The molecule has 5 nitrogen and oxygen atoms in total. The minimum Gasteiger partial charge on any atom is -0.394 e. The van der Waals surface area contributed by atoms with Crippen molar-refractivity contribution >= 4 is 0 Å². The Hall–Kier alpha value is -0.940. The lowest BCUT2D eigenvalue weighted by molar-refractivity contribution is 0.0796. The van der Waals surface area contributed by atoms with Crippen LogP contribution in [-0.2, 0) is 16.9 Å². The van der Waals surface area contributed by atoms with E-state index in [0.717, 1.165) is 5.69 Å². The second-order valence-electron chi connectivity index (χ2n) is 4.10. The van der Waals surface area contributed by atoms with Gasteiger partial charge in [0.1, 0.15) is 5.69 Å².